The minimum Gasteiger partial charge on any atom is -0.454 e. The lowest BCUT2D eigenvalue weighted by Gasteiger charge is -2.39. The monoisotopic (exact) mass is 352 g/mol. The lowest BCUT2D eigenvalue weighted by atomic mass is 10.1. The molecule has 2 aliphatic rings. The van der Waals surface area contributed by atoms with Crippen molar-refractivity contribution in [3.05, 3.63) is 53.6 Å². The quantitative estimate of drug-likeness (QED) is 0.834. The number of nitrogens with zero attached hydrogens (tertiary/aromatic N) is 2. The van der Waals surface area contributed by atoms with Crippen molar-refractivity contribution >= 4 is 17.5 Å². The van der Waals surface area contributed by atoms with Crippen molar-refractivity contribution in [3.63, 3.8) is 0 Å². The van der Waals surface area contributed by atoms with Gasteiger partial charge in [0.25, 0.3) is 5.91 Å². The van der Waals surface area contributed by atoms with Crippen LogP contribution in [-0.4, -0.2) is 42.6 Å². The number of fused-ring (bicyclic) bond motifs is 1. The van der Waals surface area contributed by atoms with E-state index in [0.29, 0.717) is 30.2 Å². The predicted octanol–water partition coefficient (Wildman–Crippen LogP) is 2.60. The van der Waals surface area contributed by atoms with Crippen LogP contribution in [0.25, 0.3) is 0 Å². The van der Waals surface area contributed by atoms with E-state index in [1.165, 1.54) is 0 Å². The zero-order valence-corrected chi connectivity index (χ0v) is 14.8. The minimum atomic E-state index is -0.526. The third-order valence-corrected chi connectivity index (χ3v) is 4.85. The predicted molar refractivity (Wildman–Crippen MR) is 96.6 cm³/mol. The van der Waals surface area contributed by atoms with E-state index in [4.69, 9.17) is 9.47 Å². The first-order valence-corrected chi connectivity index (χ1v) is 8.63. The highest BCUT2D eigenvalue weighted by atomic mass is 16.7. The molecule has 0 saturated carbocycles. The lowest BCUT2D eigenvalue weighted by Crippen LogP contribution is -2.57. The molecule has 0 aliphatic carbocycles. The molecule has 4 rings (SSSR count). The first-order chi connectivity index (χ1) is 12.5. The Morgan fingerprint density at radius 3 is 2.69 bits per heavy atom. The second-order valence-electron chi connectivity index (χ2n) is 6.57. The van der Waals surface area contributed by atoms with Crippen LogP contribution in [-0.2, 0) is 4.79 Å². The van der Waals surface area contributed by atoms with Gasteiger partial charge in [0.1, 0.15) is 6.04 Å². The van der Waals surface area contributed by atoms with Gasteiger partial charge in [-0.3, -0.25) is 9.59 Å². The molecule has 2 aliphatic heterocycles. The Morgan fingerprint density at radius 1 is 1.08 bits per heavy atom. The average molecular weight is 352 g/mol. The van der Waals surface area contributed by atoms with Crippen LogP contribution in [0.4, 0.5) is 5.69 Å². The van der Waals surface area contributed by atoms with Crippen LogP contribution in [0.1, 0.15) is 22.8 Å². The summed E-state index contributed by atoms with van der Waals surface area (Å²) in [6, 6.07) is 12.4. The van der Waals surface area contributed by atoms with Gasteiger partial charge < -0.3 is 19.3 Å². The Labute approximate surface area is 151 Å². The smallest absolute Gasteiger partial charge is 0.254 e. The van der Waals surface area contributed by atoms with Crippen molar-refractivity contribution in [1.82, 2.24) is 4.90 Å². The molecular formula is C20H20N2O4. The number of hydrogen-bond acceptors (Lipinski definition) is 4. The summed E-state index contributed by atoms with van der Waals surface area (Å²) in [6.45, 7) is 4.89. The fourth-order valence-corrected chi connectivity index (χ4v) is 3.40. The van der Waals surface area contributed by atoms with E-state index < -0.39 is 6.04 Å². The number of carbonyl (C=O) groups is 2. The highest BCUT2D eigenvalue weighted by molar-refractivity contribution is 6.03. The van der Waals surface area contributed by atoms with Crippen molar-refractivity contribution in [1.29, 1.82) is 0 Å². The molecule has 0 radical (unpaired) electrons. The zero-order valence-electron chi connectivity index (χ0n) is 14.8. The maximum absolute atomic E-state index is 12.9. The number of carbonyl (C=O) groups excluding carboxylic acids is 2. The van der Waals surface area contributed by atoms with Gasteiger partial charge in [0, 0.05) is 24.3 Å². The van der Waals surface area contributed by atoms with Crippen molar-refractivity contribution in [3.8, 4) is 11.5 Å². The normalized spacial score (nSPS) is 19.0. The van der Waals surface area contributed by atoms with Gasteiger partial charge in [-0.1, -0.05) is 12.1 Å². The molecule has 2 amide bonds. The summed E-state index contributed by atoms with van der Waals surface area (Å²) in [5.41, 5.74) is 2.47. The number of piperazine rings is 1. The standard InChI is InChI=1S/C20H20N2O4/c1-13-4-3-5-16(10-13)22-9-8-21(14(2)19(22)23)20(24)15-6-7-17-18(11-15)26-12-25-17/h3-7,10-11,14H,8-9,12H2,1-2H3/t14-/m0/s1. The van der Waals surface area contributed by atoms with Gasteiger partial charge >= 0.3 is 0 Å². The molecule has 6 nitrogen and oxygen atoms in total. The van der Waals surface area contributed by atoms with Crippen molar-refractivity contribution < 1.29 is 19.1 Å². The van der Waals surface area contributed by atoms with Crippen LogP contribution >= 0.6 is 0 Å². The van der Waals surface area contributed by atoms with Gasteiger partial charge in [-0.2, -0.15) is 0 Å². The summed E-state index contributed by atoms with van der Waals surface area (Å²) in [6.07, 6.45) is 0. The first kappa shape index (κ1) is 16.4. The number of amides is 2. The molecule has 26 heavy (non-hydrogen) atoms. The van der Waals surface area contributed by atoms with Crippen LogP contribution in [0.5, 0.6) is 11.5 Å². The second kappa shape index (κ2) is 6.37. The second-order valence-corrected chi connectivity index (χ2v) is 6.57. The SMILES string of the molecule is Cc1cccc(N2CCN(C(=O)c3ccc4c(c3)OCO4)[C@@H](C)C2=O)c1. The number of aryl methyl sites for hydroxylation is 1. The van der Waals surface area contributed by atoms with Crippen LogP contribution in [0, 0.1) is 6.92 Å². The third kappa shape index (κ3) is 2.77. The van der Waals surface area contributed by atoms with E-state index in [9.17, 15) is 9.59 Å². The number of rotatable bonds is 2. The molecule has 0 N–H and O–H groups in total. The van der Waals surface area contributed by atoms with Gasteiger partial charge in [-0.25, -0.2) is 0 Å². The topological polar surface area (TPSA) is 59.1 Å². The number of ether oxygens (including phenoxy) is 2. The molecule has 0 aromatic heterocycles. The van der Waals surface area contributed by atoms with E-state index in [0.717, 1.165) is 11.3 Å². The largest absolute Gasteiger partial charge is 0.454 e. The van der Waals surface area contributed by atoms with E-state index in [1.807, 2.05) is 31.2 Å². The molecule has 2 heterocycles. The van der Waals surface area contributed by atoms with E-state index >= 15 is 0 Å². The van der Waals surface area contributed by atoms with E-state index in [2.05, 4.69) is 0 Å². The molecule has 0 bridgehead atoms. The van der Waals surface area contributed by atoms with Gasteiger partial charge in [-0.05, 0) is 49.7 Å². The summed E-state index contributed by atoms with van der Waals surface area (Å²) in [5, 5.41) is 0. The summed E-state index contributed by atoms with van der Waals surface area (Å²) >= 11 is 0. The Hall–Kier alpha value is -3.02. The number of anilines is 1. The highest BCUT2D eigenvalue weighted by Gasteiger charge is 2.35. The fraction of sp³-hybridized carbons (Fsp3) is 0.300. The summed E-state index contributed by atoms with van der Waals surface area (Å²) in [4.78, 5) is 29.1. The first-order valence-electron chi connectivity index (χ1n) is 8.63. The Bertz CT molecular complexity index is 880. The molecule has 134 valence electrons. The van der Waals surface area contributed by atoms with Crippen molar-refractivity contribution in [2.45, 2.75) is 19.9 Å². The molecule has 2 aromatic carbocycles. The molecular weight excluding hydrogens is 332 g/mol. The molecule has 1 atom stereocenters. The molecule has 1 saturated heterocycles. The fourth-order valence-electron chi connectivity index (χ4n) is 3.40. The summed E-state index contributed by atoms with van der Waals surface area (Å²) in [5.74, 6) is 0.951. The Morgan fingerprint density at radius 2 is 1.88 bits per heavy atom. The maximum Gasteiger partial charge on any atom is 0.254 e. The zero-order chi connectivity index (χ0) is 18.3. The molecule has 0 unspecified atom stereocenters. The summed E-state index contributed by atoms with van der Waals surface area (Å²) in [7, 11) is 0. The Balaban J connectivity index is 1.54. The minimum absolute atomic E-state index is 0.0732. The molecule has 1 fully saturated rings. The molecule has 0 spiro atoms. The Kier molecular flexibility index (Phi) is 4.03. The number of benzene rings is 2. The van der Waals surface area contributed by atoms with Crippen molar-refractivity contribution in [2.75, 3.05) is 24.8 Å². The van der Waals surface area contributed by atoms with Gasteiger partial charge in [0.2, 0.25) is 12.7 Å². The van der Waals surface area contributed by atoms with Gasteiger partial charge in [0.05, 0.1) is 0 Å². The van der Waals surface area contributed by atoms with Crippen LogP contribution in [0.2, 0.25) is 0 Å². The van der Waals surface area contributed by atoms with Crippen LogP contribution in [0.15, 0.2) is 42.5 Å². The maximum atomic E-state index is 12.9. The van der Waals surface area contributed by atoms with Crippen LogP contribution < -0.4 is 14.4 Å². The summed E-state index contributed by atoms with van der Waals surface area (Å²) < 4.78 is 10.6. The van der Waals surface area contributed by atoms with Crippen molar-refractivity contribution in [2.24, 2.45) is 0 Å². The van der Waals surface area contributed by atoms with E-state index in [1.54, 1.807) is 34.9 Å². The third-order valence-electron chi connectivity index (χ3n) is 4.85. The highest BCUT2D eigenvalue weighted by Crippen LogP contribution is 2.33. The van der Waals surface area contributed by atoms with E-state index in [-0.39, 0.29) is 18.6 Å². The van der Waals surface area contributed by atoms with Gasteiger partial charge in [0.15, 0.2) is 11.5 Å². The lowest BCUT2D eigenvalue weighted by molar-refractivity contribution is -0.124. The molecule has 6 heteroatoms. The van der Waals surface area contributed by atoms with Gasteiger partial charge in [-0.15, -0.1) is 0 Å². The van der Waals surface area contributed by atoms with Crippen LogP contribution in [0.3, 0.4) is 0 Å². The number of hydrogen-bond donors (Lipinski definition) is 0. The molecule has 2 aromatic rings. The average Bonchev–Trinajstić information content (AvgIpc) is 3.11.